The summed E-state index contributed by atoms with van der Waals surface area (Å²) in [6.45, 7) is 1.30. The molecule has 132 valence electrons. The third kappa shape index (κ3) is 4.02. The molecule has 1 aliphatic carbocycles. The maximum atomic E-state index is 5.85. The van der Waals surface area contributed by atoms with E-state index < -0.39 is 0 Å². The molecular weight excluding hydrogens is 324 g/mol. The number of ether oxygens (including phenoxy) is 2. The fraction of sp³-hybridized carbons (Fsp3) is 0.273. The molecule has 0 fully saturated rings. The van der Waals surface area contributed by atoms with Crippen molar-refractivity contribution in [2.75, 3.05) is 13.2 Å². The Morgan fingerprint density at radius 2 is 1.42 bits per heavy atom. The van der Waals surface area contributed by atoms with E-state index in [9.17, 15) is 0 Å². The summed E-state index contributed by atoms with van der Waals surface area (Å²) in [5.74, 6) is 1.84. The quantitative estimate of drug-likeness (QED) is 0.592. The minimum Gasteiger partial charge on any atom is -0.493 e. The first kappa shape index (κ1) is 16.6. The lowest BCUT2D eigenvalue weighted by atomic mass is 10.1. The third-order valence-corrected chi connectivity index (χ3v) is 4.64. The Hall–Kier alpha value is -2.88. The number of aryl methyl sites for hydroxylation is 2. The van der Waals surface area contributed by atoms with E-state index in [4.69, 9.17) is 9.47 Å². The largest absolute Gasteiger partial charge is 0.493 e. The molecule has 2 aromatic carbocycles. The molecular formula is C22H22N2O2. The predicted octanol–water partition coefficient (Wildman–Crippen LogP) is 4.48. The number of aromatic nitrogens is 2. The maximum absolute atomic E-state index is 5.85. The highest BCUT2D eigenvalue weighted by Crippen LogP contribution is 2.26. The van der Waals surface area contributed by atoms with Gasteiger partial charge in [0.25, 0.3) is 0 Å². The Kier molecular flexibility index (Phi) is 5.10. The van der Waals surface area contributed by atoms with Gasteiger partial charge in [-0.3, -0.25) is 0 Å². The normalized spacial score (nSPS) is 12.6. The predicted molar refractivity (Wildman–Crippen MR) is 102 cm³/mol. The van der Waals surface area contributed by atoms with E-state index in [2.05, 4.69) is 28.2 Å². The zero-order valence-corrected chi connectivity index (χ0v) is 14.7. The Bertz CT molecular complexity index is 848. The van der Waals surface area contributed by atoms with E-state index in [1.807, 2.05) is 24.3 Å². The van der Waals surface area contributed by atoms with Crippen molar-refractivity contribution in [1.82, 2.24) is 9.97 Å². The van der Waals surface area contributed by atoms with E-state index in [0.29, 0.717) is 13.2 Å². The second-order valence-corrected chi connectivity index (χ2v) is 6.49. The monoisotopic (exact) mass is 346 g/mol. The number of fused-ring (bicyclic) bond motifs is 1. The van der Waals surface area contributed by atoms with Gasteiger partial charge in [0.15, 0.2) is 0 Å². The van der Waals surface area contributed by atoms with Crippen molar-refractivity contribution in [2.24, 2.45) is 0 Å². The van der Waals surface area contributed by atoms with Gasteiger partial charge in [0.2, 0.25) is 0 Å². The van der Waals surface area contributed by atoms with E-state index in [1.54, 1.807) is 12.4 Å². The molecule has 0 N–H and O–H groups in total. The van der Waals surface area contributed by atoms with Crippen molar-refractivity contribution in [2.45, 2.75) is 25.7 Å². The van der Waals surface area contributed by atoms with Gasteiger partial charge in [0.1, 0.15) is 17.8 Å². The molecule has 0 radical (unpaired) electrons. The van der Waals surface area contributed by atoms with E-state index in [1.165, 1.54) is 36.7 Å². The molecule has 0 bridgehead atoms. The first-order valence-corrected chi connectivity index (χ1v) is 9.11. The summed E-state index contributed by atoms with van der Waals surface area (Å²) in [5, 5.41) is 0. The second-order valence-electron chi connectivity index (χ2n) is 6.49. The molecule has 1 aliphatic rings. The molecule has 0 saturated carbocycles. The van der Waals surface area contributed by atoms with Crippen LogP contribution in [-0.4, -0.2) is 23.2 Å². The average Bonchev–Trinajstić information content (AvgIpc) is 3.17. The van der Waals surface area contributed by atoms with Crippen LogP contribution in [0.1, 0.15) is 24.0 Å². The smallest absolute Gasteiger partial charge is 0.119 e. The third-order valence-electron chi connectivity index (χ3n) is 4.64. The zero-order valence-electron chi connectivity index (χ0n) is 14.7. The van der Waals surface area contributed by atoms with Crippen LogP contribution in [0.3, 0.4) is 0 Å². The standard InChI is InChI=1S/C22H22N2O2/c1-3-17-7-10-22(13-19(17)4-1)26-12-2-11-25-21-8-5-18(6-9-21)20-14-23-16-24-15-20/h5-10,13-16H,1-4,11-12H2. The van der Waals surface area contributed by atoms with Crippen LogP contribution in [0.4, 0.5) is 0 Å². The summed E-state index contributed by atoms with van der Waals surface area (Å²) < 4.78 is 11.6. The minimum atomic E-state index is 0.638. The van der Waals surface area contributed by atoms with Gasteiger partial charge in [-0.1, -0.05) is 18.2 Å². The summed E-state index contributed by atoms with van der Waals surface area (Å²) in [4.78, 5) is 8.08. The highest BCUT2D eigenvalue weighted by Gasteiger charge is 2.11. The van der Waals surface area contributed by atoms with Crippen LogP contribution in [0.25, 0.3) is 11.1 Å². The van der Waals surface area contributed by atoms with Gasteiger partial charge in [-0.25, -0.2) is 9.97 Å². The summed E-state index contributed by atoms with van der Waals surface area (Å²) in [5.41, 5.74) is 5.01. The SMILES string of the molecule is c1ncc(-c2ccc(OCCCOc3ccc4c(c3)CCC4)cc2)cn1. The maximum Gasteiger partial charge on any atom is 0.119 e. The first-order valence-electron chi connectivity index (χ1n) is 9.11. The molecule has 0 aliphatic heterocycles. The van der Waals surface area contributed by atoms with E-state index >= 15 is 0 Å². The molecule has 1 heterocycles. The Morgan fingerprint density at radius 1 is 0.731 bits per heavy atom. The van der Waals surface area contributed by atoms with Gasteiger partial charge >= 0.3 is 0 Å². The van der Waals surface area contributed by atoms with Crippen molar-refractivity contribution >= 4 is 0 Å². The van der Waals surface area contributed by atoms with Crippen LogP contribution in [0.15, 0.2) is 61.2 Å². The van der Waals surface area contributed by atoms with Gasteiger partial charge in [0.05, 0.1) is 13.2 Å². The van der Waals surface area contributed by atoms with Crippen molar-refractivity contribution in [3.8, 4) is 22.6 Å². The lowest BCUT2D eigenvalue weighted by molar-refractivity contribution is 0.247. The van der Waals surface area contributed by atoms with Gasteiger partial charge in [0, 0.05) is 24.4 Å². The number of nitrogens with zero attached hydrogens (tertiary/aromatic N) is 2. The fourth-order valence-corrected chi connectivity index (χ4v) is 3.27. The Balaban J connectivity index is 1.21. The molecule has 0 amide bonds. The molecule has 0 spiro atoms. The van der Waals surface area contributed by atoms with Crippen LogP contribution in [0.2, 0.25) is 0 Å². The molecule has 0 saturated heterocycles. The van der Waals surface area contributed by atoms with Gasteiger partial charge in [-0.2, -0.15) is 0 Å². The molecule has 26 heavy (non-hydrogen) atoms. The molecule has 4 rings (SSSR count). The number of benzene rings is 2. The topological polar surface area (TPSA) is 44.2 Å². The van der Waals surface area contributed by atoms with Gasteiger partial charge < -0.3 is 9.47 Å². The molecule has 4 nitrogen and oxygen atoms in total. The van der Waals surface area contributed by atoms with Crippen molar-refractivity contribution in [1.29, 1.82) is 0 Å². The lowest BCUT2D eigenvalue weighted by Gasteiger charge is -2.10. The van der Waals surface area contributed by atoms with Crippen molar-refractivity contribution in [3.05, 3.63) is 72.3 Å². The lowest BCUT2D eigenvalue weighted by Crippen LogP contribution is -2.05. The van der Waals surface area contributed by atoms with E-state index in [0.717, 1.165) is 29.0 Å². The van der Waals surface area contributed by atoms with Gasteiger partial charge in [-0.15, -0.1) is 0 Å². The number of hydrogen-bond donors (Lipinski definition) is 0. The highest BCUT2D eigenvalue weighted by molar-refractivity contribution is 5.62. The first-order chi connectivity index (χ1) is 12.9. The second kappa shape index (κ2) is 8.00. The molecule has 0 unspecified atom stereocenters. The van der Waals surface area contributed by atoms with Crippen molar-refractivity contribution in [3.63, 3.8) is 0 Å². The minimum absolute atomic E-state index is 0.638. The Labute approximate surface area is 153 Å². The van der Waals surface area contributed by atoms with E-state index in [-0.39, 0.29) is 0 Å². The van der Waals surface area contributed by atoms with Gasteiger partial charge in [-0.05, 0) is 60.2 Å². The van der Waals surface area contributed by atoms with Crippen LogP contribution in [-0.2, 0) is 12.8 Å². The number of hydrogen-bond acceptors (Lipinski definition) is 4. The summed E-state index contributed by atoms with van der Waals surface area (Å²) >= 11 is 0. The molecule has 3 aromatic rings. The average molecular weight is 346 g/mol. The summed E-state index contributed by atoms with van der Waals surface area (Å²) in [6.07, 6.45) is 9.65. The molecule has 4 heteroatoms. The number of rotatable bonds is 7. The molecule has 1 aromatic heterocycles. The van der Waals surface area contributed by atoms with Crippen LogP contribution < -0.4 is 9.47 Å². The fourth-order valence-electron chi connectivity index (χ4n) is 3.27. The zero-order chi connectivity index (χ0) is 17.6. The Morgan fingerprint density at radius 3 is 2.23 bits per heavy atom. The summed E-state index contributed by atoms with van der Waals surface area (Å²) in [7, 11) is 0. The summed E-state index contributed by atoms with van der Waals surface area (Å²) in [6, 6.07) is 14.5. The van der Waals surface area contributed by atoms with Crippen LogP contribution in [0.5, 0.6) is 11.5 Å². The van der Waals surface area contributed by atoms with Crippen molar-refractivity contribution < 1.29 is 9.47 Å². The van der Waals surface area contributed by atoms with Crippen LogP contribution >= 0.6 is 0 Å². The van der Waals surface area contributed by atoms with Crippen LogP contribution in [0, 0.1) is 0 Å². The molecule has 0 atom stereocenters. The highest BCUT2D eigenvalue weighted by atomic mass is 16.5.